The number of carbonyl (C=O) groups is 1. The molecule has 1 saturated heterocycles. The lowest BCUT2D eigenvalue weighted by atomic mass is 9.91. The summed E-state index contributed by atoms with van der Waals surface area (Å²) in [5.41, 5.74) is 0. The van der Waals surface area contributed by atoms with Crippen LogP contribution in [-0.4, -0.2) is 25.0 Å². The fourth-order valence-corrected chi connectivity index (χ4v) is 1.96. The van der Waals surface area contributed by atoms with Crippen LogP contribution in [0.25, 0.3) is 0 Å². The second-order valence-electron chi connectivity index (χ2n) is 4.33. The number of carbonyl (C=O) groups excluding carboxylic acids is 1. The number of nitrogens with one attached hydrogen (secondary N) is 2. The fraction of sp³-hybridized carbons (Fsp3) is 0.900. The van der Waals surface area contributed by atoms with Crippen molar-refractivity contribution >= 4 is 5.91 Å². The average Bonchev–Trinajstić information content (AvgIpc) is 2.03. The summed E-state index contributed by atoms with van der Waals surface area (Å²) < 4.78 is 0. The number of piperazine rings is 1. The first-order valence-electron chi connectivity index (χ1n) is 5.12. The van der Waals surface area contributed by atoms with Gasteiger partial charge in [-0.2, -0.15) is 0 Å². The molecular weight excluding hydrogens is 164 g/mol. The van der Waals surface area contributed by atoms with Crippen molar-refractivity contribution in [3.63, 3.8) is 0 Å². The van der Waals surface area contributed by atoms with E-state index in [0.717, 1.165) is 19.5 Å². The van der Waals surface area contributed by atoms with Crippen molar-refractivity contribution in [3.05, 3.63) is 0 Å². The van der Waals surface area contributed by atoms with E-state index in [1.54, 1.807) is 0 Å². The lowest BCUT2D eigenvalue weighted by molar-refractivity contribution is -0.125. The van der Waals surface area contributed by atoms with E-state index in [1.165, 1.54) is 0 Å². The maximum absolute atomic E-state index is 11.4. The van der Waals surface area contributed by atoms with E-state index in [9.17, 15) is 4.79 Å². The highest BCUT2D eigenvalue weighted by Gasteiger charge is 2.27. The van der Waals surface area contributed by atoms with Crippen LogP contribution in [0.2, 0.25) is 0 Å². The van der Waals surface area contributed by atoms with Gasteiger partial charge in [0.05, 0.1) is 6.04 Å². The Morgan fingerprint density at radius 3 is 2.62 bits per heavy atom. The highest BCUT2D eigenvalue weighted by atomic mass is 16.2. The molecule has 13 heavy (non-hydrogen) atoms. The van der Waals surface area contributed by atoms with Gasteiger partial charge in [-0.15, -0.1) is 0 Å². The van der Waals surface area contributed by atoms with Gasteiger partial charge in [-0.1, -0.05) is 20.8 Å². The number of hydrogen-bond acceptors (Lipinski definition) is 2. The van der Waals surface area contributed by atoms with Crippen LogP contribution < -0.4 is 10.6 Å². The van der Waals surface area contributed by atoms with Gasteiger partial charge in [0.2, 0.25) is 5.91 Å². The first-order chi connectivity index (χ1) is 6.11. The van der Waals surface area contributed by atoms with Crippen LogP contribution in [0.15, 0.2) is 0 Å². The summed E-state index contributed by atoms with van der Waals surface area (Å²) in [6, 6.07) is 0.0242. The van der Waals surface area contributed by atoms with Crippen LogP contribution in [0.3, 0.4) is 0 Å². The smallest absolute Gasteiger partial charge is 0.237 e. The maximum atomic E-state index is 11.4. The summed E-state index contributed by atoms with van der Waals surface area (Å²) in [4.78, 5) is 11.4. The normalized spacial score (nSPS) is 25.8. The Kier molecular flexibility index (Phi) is 3.72. The van der Waals surface area contributed by atoms with Crippen LogP contribution in [0.5, 0.6) is 0 Å². The van der Waals surface area contributed by atoms with E-state index in [2.05, 4.69) is 31.4 Å². The van der Waals surface area contributed by atoms with Crippen molar-refractivity contribution in [2.24, 2.45) is 11.8 Å². The largest absolute Gasteiger partial charge is 0.353 e. The minimum Gasteiger partial charge on any atom is -0.353 e. The van der Waals surface area contributed by atoms with Crippen molar-refractivity contribution in [2.75, 3.05) is 13.1 Å². The van der Waals surface area contributed by atoms with E-state index in [0.29, 0.717) is 11.8 Å². The lowest BCUT2D eigenvalue weighted by Gasteiger charge is -2.29. The van der Waals surface area contributed by atoms with Crippen molar-refractivity contribution in [1.82, 2.24) is 10.6 Å². The molecule has 0 aromatic carbocycles. The molecule has 0 spiro atoms. The summed E-state index contributed by atoms with van der Waals surface area (Å²) in [5, 5.41) is 6.15. The number of amides is 1. The molecule has 1 fully saturated rings. The third kappa shape index (κ3) is 2.99. The first-order valence-corrected chi connectivity index (χ1v) is 5.12. The predicted octanol–water partition coefficient (Wildman–Crippen LogP) is 0.757. The van der Waals surface area contributed by atoms with Crippen molar-refractivity contribution in [1.29, 1.82) is 0 Å². The molecule has 0 aliphatic carbocycles. The Balaban J connectivity index is 2.43. The highest BCUT2D eigenvalue weighted by Crippen LogP contribution is 2.15. The zero-order valence-electron chi connectivity index (χ0n) is 8.76. The Bertz CT molecular complexity index is 180. The second kappa shape index (κ2) is 4.61. The molecule has 1 aliphatic rings. The van der Waals surface area contributed by atoms with E-state index in [1.807, 2.05) is 0 Å². The Morgan fingerprint density at radius 1 is 1.38 bits per heavy atom. The molecular formula is C10H20N2O. The maximum Gasteiger partial charge on any atom is 0.237 e. The molecule has 0 aromatic rings. The van der Waals surface area contributed by atoms with Gasteiger partial charge in [-0.3, -0.25) is 4.79 Å². The highest BCUT2D eigenvalue weighted by molar-refractivity contribution is 5.82. The van der Waals surface area contributed by atoms with Gasteiger partial charge in [0.1, 0.15) is 0 Å². The minimum atomic E-state index is 0.0242. The van der Waals surface area contributed by atoms with Crippen LogP contribution >= 0.6 is 0 Å². The molecule has 0 saturated carbocycles. The first kappa shape index (κ1) is 10.5. The van der Waals surface area contributed by atoms with Gasteiger partial charge < -0.3 is 10.6 Å². The minimum absolute atomic E-state index is 0.0242. The lowest BCUT2D eigenvalue weighted by Crippen LogP contribution is -2.55. The van der Waals surface area contributed by atoms with E-state index >= 15 is 0 Å². The monoisotopic (exact) mass is 184 g/mol. The Labute approximate surface area is 80.3 Å². The molecule has 2 atom stereocenters. The number of rotatable bonds is 3. The zero-order chi connectivity index (χ0) is 9.84. The SMILES string of the molecule is CC(C)CC(C)C1NCCNC1=O. The second-order valence-corrected chi connectivity index (χ2v) is 4.33. The third-order valence-corrected chi connectivity index (χ3v) is 2.48. The quantitative estimate of drug-likeness (QED) is 0.680. The van der Waals surface area contributed by atoms with E-state index in [-0.39, 0.29) is 11.9 Å². The van der Waals surface area contributed by atoms with Crippen molar-refractivity contribution < 1.29 is 4.79 Å². The van der Waals surface area contributed by atoms with Gasteiger partial charge in [-0.05, 0) is 18.3 Å². The van der Waals surface area contributed by atoms with Gasteiger partial charge in [0.15, 0.2) is 0 Å². The molecule has 3 nitrogen and oxygen atoms in total. The van der Waals surface area contributed by atoms with Crippen LogP contribution in [0, 0.1) is 11.8 Å². The summed E-state index contributed by atoms with van der Waals surface area (Å²) in [5.74, 6) is 1.26. The standard InChI is InChI=1S/C10H20N2O/c1-7(2)6-8(3)9-10(13)12-5-4-11-9/h7-9,11H,4-6H2,1-3H3,(H,12,13). The molecule has 76 valence electrons. The molecule has 2 N–H and O–H groups in total. The van der Waals surface area contributed by atoms with Gasteiger partial charge in [0, 0.05) is 13.1 Å². The van der Waals surface area contributed by atoms with Gasteiger partial charge in [-0.25, -0.2) is 0 Å². The van der Waals surface area contributed by atoms with Crippen LogP contribution in [-0.2, 0) is 4.79 Å². The van der Waals surface area contributed by atoms with Gasteiger partial charge in [0.25, 0.3) is 0 Å². The van der Waals surface area contributed by atoms with Gasteiger partial charge >= 0.3 is 0 Å². The molecule has 3 heteroatoms. The molecule has 0 radical (unpaired) electrons. The topological polar surface area (TPSA) is 41.1 Å². The molecule has 0 aromatic heterocycles. The molecule has 2 unspecified atom stereocenters. The molecule has 1 heterocycles. The molecule has 1 amide bonds. The Hall–Kier alpha value is -0.570. The summed E-state index contributed by atoms with van der Waals surface area (Å²) in [6.45, 7) is 8.19. The zero-order valence-corrected chi connectivity index (χ0v) is 8.76. The van der Waals surface area contributed by atoms with E-state index in [4.69, 9.17) is 0 Å². The van der Waals surface area contributed by atoms with Crippen LogP contribution in [0.4, 0.5) is 0 Å². The predicted molar refractivity (Wildman–Crippen MR) is 53.4 cm³/mol. The average molecular weight is 184 g/mol. The summed E-state index contributed by atoms with van der Waals surface area (Å²) >= 11 is 0. The summed E-state index contributed by atoms with van der Waals surface area (Å²) in [6.07, 6.45) is 1.10. The molecule has 1 rings (SSSR count). The Morgan fingerprint density at radius 2 is 2.08 bits per heavy atom. The van der Waals surface area contributed by atoms with Crippen molar-refractivity contribution in [3.8, 4) is 0 Å². The number of hydrogen-bond donors (Lipinski definition) is 2. The summed E-state index contributed by atoms with van der Waals surface area (Å²) in [7, 11) is 0. The van der Waals surface area contributed by atoms with Crippen molar-refractivity contribution in [2.45, 2.75) is 33.2 Å². The fourth-order valence-electron chi connectivity index (χ4n) is 1.96. The molecule has 0 bridgehead atoms. The third-order valence-electron chi connectivity index (χ3n) is 2.48. The van der Waals surface area contributed by atoms with E-state index < -0.39 is 0 Å². The molecule has 1 aliphatic heterocycles. The van der Waals surface area contributed by atoms with Crippen LogP contribution in [0.1, 0.15) is 27.2 Å².